The van der Waals surface area contributed by atoms with E-state index in [0.29, 0.717) is 11.4 Å². The number of hydrogen-bond acceptors (Lipinski definition) is 4. The number of nitrogens with one attached hydrogen (secondary N) is 2. The molecule has 0 unspecified atom stereocenters. The van der Waals surface area contributed by atoms with Gasteiger partial charge in [-0.2, -0.15) is 0 Å². The van der Waals surface area contributed by atoms with Crippen LogP contribution in [0.25, 0.3) is 6.08 Å². The third-order valence-electron chi connectivity index (χ3n) is 2.92. The van der Waals surface area contributed by atoms with Crippen molar-refractivity contribution in [2.75, 3.05) is 11.6 Å². The summed E-state index contributed by atoms with van der Waals surface area (Å²) in [4.78, 5) is 11.8. The molecule has 23 heavy (non-hydrogen) atoms. The van der Waals surface area contributed by atoms with Gasteiger partial charge in [-0.05, 0) is 42.8 Å². The van der Waals surface area contributed by atoms with Gasteiger partial charge in [-0.15, -0.1) is 0 Å². The van der Waals surface area contributed by atoms with Crippen LogP contribution in [-0.2, 0) is 21.4 Å². The summed E-state index contributed by atoms with van der Waals surface area (Å²) in [5, 5.41) is 2.71. The first kappa shape index (κ1) is 17.0. The zero-order valence-electron chi connectivity index (χ0n) is 12.9. The number of aryl methyl sites for hydroxylation is 1. The number of hydrogen-bond donors (Lipinski definition) is 2. The van der Waals surface area contributed by atoms with Crippen LogP contribution in [-0.4, -0.2) is 20.6 Å². The lowest BCUT2D eigenvalue weighted by Crippen LogP contribution is -2.21. The summed E-state index contributed by atoms with van der Waals surface area (Å²) < 4.78 is 29.8. The van der Waals surface area contributed by atoms with E-state index in [4.69, 9.17) is 4.42 Å². The van der Waals surface area contributed by atoms with Crippen LogP contribution in [0.5, 0.6) is 0 Å². The summed E-state index contributed by atoms with van der Waals surface area (Å²) in [5.74, 6) is 1.12. The number of carbonyl (C=O) groups excluding carboxylic acids is 1. The summed E-state index contributed by atoms with van der Waals surface area (Å²) in [6.07, 6.45) is 4.08. The molecule has 0 spiro atoms. The maximum atomic E-state index is 11.8. The molecule has 1 aromatic heterocycles. The SMILES string of the molecule is Cc1ccc(C=CC(=O)Nc2ccc(CNS(C)(=O)=O)cc2)o1. The van der Waals surface area contributed by atoms with Gasteiger partial charge in [-0.1, -0.05) is 12.1 Å². The number of benzene rings is 1. The van der Waals surface area contributed by atoms with E-state index in [1.807, 2.05) is 13.0 Å². The minimum atomic E-state index is -3.22. The Bertz CT molecular complexity index is 805. The van der Waals surface area contributed by atoms with Crippen molar-refractivity contribution in [3.05, 3.63) is 59.6 Å². The molecule has 2 N–H and O–H groups in total. The van der Waals surface area contributed by atoms with Crippen LogP contribution in [0.3, 0.4) is 0 Å². The minimum absolute atomic E-state index is 0.213. The molecule has 0 aliphatic heterocycles. The molecule has 2 aromatic rings. The van der Waals surface area contributed by atoms with Crippen molar-refractivity contribution in [2.24, 2.45) is 0 Å². The Hall–Kier alpha value is -2.38. The third kappa shape index (κ3) is 6.09. The molecule has 0 saturated carbocycles. The second kappa shape index (κ2) is 7.26. The lowest BCUT2D eigenvalue weighted by Gasteiger charge is -2.05. The van der Waals surface area contributed by atoms with E-state index < -0.39 is 10.0 Å². The van der Waals surface area contributed by atoms with Crippen molar-refractivity contribution >= 4 is 27.7 Å². The summed E-state index contributed by atoms with van der Waals surface area (Å²) >= 11 is 0. The zero-order chi connectivity index (χ0) is 16.9. The van der Waals surface area contributed by atoms with E-state index in [1.165, 1.54) is 6.08 Å². The Morgan fingerprint density at radius 2 is 1.87 bits per heavy atom. The van der Waals surface area contributed by atoms with E-state index >= 15 is 0 Å². The summed E-state index contributed by atoms with van der Waals surface area (Å²) in [6.45, 7) is 2.04. The highest BCUT2D eigenvalue weighted by Crippen LogP contribution is 2.11. The zero-order valence-corrected chi connectivity index (χ0v) is 13.7. The Labute approximate surface area is 135 Å². The lowest BCUT2D eigenvalue weighted by atomic mass is 10.2. The number of amides is 1. The molecular weight excluding hydrogens is 316 g/mol. The minimum Gasteiger partial charge on any atom is -0.462 e. The molecule has 0 aliphatic carbocycles. The highest BCUT2D eigenvalue weighted by Gasteiger charge is 2.02. The van der Waals surface area contributed by atoms with Crippen LogP contribution in [0.2, 0.25) is 0 Å². The Morgan fingerprint density at radius 3 is 2.43 bits per heavy atom. The molecule has 0 fully saturated rings. The molecule has 0 atom stereocenters. The normalized spacial score (nSPS) is 11.7. The maximum Gasteiger partial charge on any atom is 0.248 e. The second-order valence-electron chi connectivity index (χ2n) is 5.06. The maximum absolute atomic E-state index is 11.8. The van der Waals surface area contributed by atoms with Gasteiger partial charge in [0.2, 0.25) is 15.9 Å². The van der Waals surface area contributed by atoms with Gasteiger partial charge < -0.3 is 9.73 Å². The number of carbonyl (C=O) groups is 1. The lowest BCUT2D eigenvalue weighted by molar-refractivity contribution is -0.111. The molecule has 6 nitrogen and oxygen atoms in total. The predicted octanol–water partition coefficient (Wildman–Crippen LogP) is 2.29. The molecule has 7 heteroatoms. The fourth-order valence-electron chi connectivity index (χ4n) is 1.81. The van der Waals surface area contributed by atoms with Crippen LogP contribution in [0.15, 0.2) is 46.9 Å². The van der Waals surface area contributed by atoms with E-state index in [-0.39, 0.29) is 12.5 Å². The molecule has 122 valence electrons. The van der Waals surface area contributed by atoms with Crippen LogP contribution >= 0.6 is 0 Å². The average Bonchev–Trinajstić information content (AvgIpc) is 2.89. The molecule has 0 saturated heterocycles. The van der Waals surface area contributed by atoms with Crippen LogP contribution in [0, 0.1) is 6.92 Å². The van der Waals surface area contributed by atoms with E-state index in [1.54, 1.807) is 36.4 Å². The number of sulfonamides is 1. The van der Waals surface area contributed by atoms with Crippen LogP contribution in [0.4, 0.5) is 5.69 Å². The number of furan rings is 1. The van der Waals surface area contributed by atoms with Gasteiger partial charge in [0.25, 0.3) is 0 Å². The summed E-state index contributed by atoms with van der Waals surface area (Å²) in [6, 6.07) is 10.5. The van der Waals surface area contributed by atoms with Gasteiger partial charge in [-0.25, -0.2) is 13.1 Å². The summed E-state index contributed by atoms with van der Waals surface area (Å²) in [7, 11) is -3.22. The van der Waals surface area contributed by atoms with Crippen LogP contribution < -0.4 is 10.0 Å². The molecule has 0 aliphatic rings. The molecule has 1 amide bonds. The molecule has 1 heterocycles. The van der Waals surface area contributed by atoms with E-state index in [9.17, 15) is 13.2 Å². The first-order valence-corrected chi connectivity index (χ1v) is 8.80. The highest BCUT2D eigenvalue weighted by molar-refractivity contribution is 7.88. The smallest absolute Gasteiger partial charge is 0.248 e. The monoisotopic (exact) mass is 334 g/mol. The molecule has 0 radical (unpaired) electrons. The van der Waals surface area contributed by atoms with Gasteiger partial charge >= 0.3 is 0 Å². The number of rotatable bonds is 6. The van der Waals surface area contributed by atoms with Gasteiger partial charge in [0.15, 0.2) is 0 Å². The average molecular weight is 334 g/mol. The Morgan fingerprint density at radius 1 is 1.17 bits per heavy atom. The van der Waals surface area contributed by atoms with Gasteiger partial charge in [-0.3, -0.25) is 4.79 Å². The third-order valence-corrected chi connectivity index (χ3v) is 3.59. The molecule has 0 bridgehead atoms. The molecule has 2 rings (SSSR count). The fourth-order valence-corrected chi connectivity index (χ4v) is 2.23. The van der Waals surface area contributed by atoms with Crippen LogP contribution in [0.1, 0.15) is 17.1 Å². The van der Waals surface area contributed by atoms with E-state index in [0.717, 1.165) is 17.6 Å². The fraction of sp³-hybridized carbons (Fsp3) is 0.188. The largest absolute Gasteiger partial charge is 0.462 e. The predicted molar refractivity (Wildman–Crippen MR) is 89.2 cm³/mol. The Kier molecular flexibility index (Phi) is 5.36. The quantitative estimate of drug-likeness (QED) is 0.793. The highest BCUT2D eigenvalue weighted by atomic mass is 32.2. The van der Waals surface area contributed by atoms with Crippen molar-refractivity contribution in [1.29, 1.82) is 0 Å². The van der Waals surface area contributed by atoms with Gasteiger partial charge in [0, 0.05) is 18.3 Å². The van der Waals surface area contributed by atoms with Crippen molar-refractivity contribution in [2.45, 2.75) is 13.5 Å². The number of anilines is 1. The van der Waals surface area contributed by atoms with Gasteiger partial charge in [0.05, 0.1) is 6.26 Å². The Balaban J connectivity index is 1.90. The van der Waals surface area contributed by atoms with Crippen molar-refractivity contribution in [3.63, 3.8) is 0 Å². The first-order chi connectivity index (χ1) is 10.8. The topological polar surface area (TPSA) is 88.4 Å². The van der Waals surface area contributed by atoms with Gasteiger partial charge in [0.1, 0.15) is 11.5 Å². The summed E-state index contributed by atoms with van der Waals surface area (Å²) in [5.41, 5.74) is 1.42. The van der Waals surface area contributed by atoms with E-state index in [2.05, 4.69) is 10.0 Å². The standard InChI is InChI=1S/C16H18N2O4S/c1-12-3-8-15(22-12)9-10-16(19)18-14-6-4-13(5-7-14)11-17-23(2,20)21/h3-10,17H,11H2,1-2H3,(H,18,19). The molecular formula is C16H18N2O4S. The molecule has 1 aromatic carbocycles. The second-order valence-corrected chi connectivity index (χ2v) is 6.89. The van der Waals surface area contributed by atoms with Crippen molar-refractivity contribution < 1.29 is 17.6 Å². The first-order valence-electron chi connectivity index (χ1n) is 6.91. The van der Waals surface area contributed by atoms with Crippen molar-refractivity contribution in [3.8, 4) is 0 Å². The van der Waals surface area contributed by atoms with Crippen molar-refractivity contribution in [1.82, 2.24) is 4.72 Å².